The zero-order valence-electron chi connectivity index (χ0n) is 5.98. The highest BCUT2D eigenvalue weighted by Crippen LogP contribution is 1.91. The van der Waals surface area contributed by atoms with Gasteiger partial charge < -0.3 is 11.0 Å². The van der Waals surface area contributed by atoms with Crippen molar-refractivity contribution < 1.29 is 4.79 Å². The highest BCUT2D eigenvalue weighted by Gasteiger charge is 2.07. The Hall–Kier alpha value is -0.505. The van der Waals surface area contributed by atoms with E-state index in [1.54, 1.807) is 7.98 Å². The predicted molar refractivity (Wildman–Crippen MR) is 39.6 cm³/mol. The Morgan fingerprint density at radius 3 is 2.78 bits per heavy atom. The number of carbonyl (C=O) groups is 1. The molecule has 4 heteroatoms. The normalized spacial score (nSPS) is 12.7. The van der Waals surface area contributed by atoms with Crippen LogP contribution in [0.5, 0.6) is 0 Å². The fourth-order valence-electron chi connectivity index (χ4n) is 0.627. The first-order valence-electron chi connectivity index (χ1n) is 3.19. The Bertz CT molecular complexity index is 97.0. The molecule has 0 aliphatic rings. The summed E-state index contributed by atoms with van der Waals surface area (Å²) < 4.78 is 0. The number of rotatable bonds is 3. The molecule has 0 bridgehead atoms. The summed E-state index contributed by atoms with van der Waals surface area (Å²) in [4.78, 5) is 10.7. The van der Waals surface area contributed by atoms with Crippen LogP contribution in [-0.2, 0) is 4.79 Å². The Morgan fingerprint density at radius 1 is 1.89 bits per heavy atom. The Labute approximate surface area is 56.4 Å². The van der Waals surface area contributed by atoms with E-state index in [-0.39, 0.29) is 11.9 Å². The fourth-order valence-corrected chi connectivity index (χ4v) is 0.627. The van der Waals surface area contributed by atoms with Crippen LogP contribution in [-0.4, -0.2) is 19.9 Å². The lowest BCUT2D eigenvalue weighted by Crippen LogP contribution is -2.39. The van der Waals surface area contributed by atoms with E-state index in [4.69, 9.17) is 5.73 Å². The molecule has 3 N–H and O–H groups in total. The third kappa shape index (κ3) is 3.14. The quantitative estimate of drug-likeness (QED) is 0.468. The second kappa shape index (κ2) is 4.38. The van der Waals surface area contributed by atoms with Crippen molar-refractivity contribution in [1.29, 1.82) is 0 Å². The minimum atomic E-state index is -0.319. The summed E-state index contributed by atoms with van der Waals surface area (Å²) in [5, 5.41) is 2.49. The molecule has 1 unspecified atom stereocenters. The van der Waals surface area contributed by atoms with Gasteiger partial charge in [0, 0.05) is 0 Å². The molecule has 1 amide bonds. The molecule has 0 radical (unpaired) electrons. The van der Waals surface area contributed by atoms with Gasteiger partial charge >= 0.3 is 0 Å². The van der Waals surface area contributed by atoms with Crippen molar-refractivity contribution in [3.63, 3.8) is 0 Å². The average molecular weight is 128 g/mol. The van der Waals surface area contributed by atoms with Crippen molar-refractivity contribution in [3.8, 4) is 0 Å². The maximum Gasteiger partial charge on any atom is 0.224 e. The maximum atomic E-state index is 10.7. The molecule has 0 aromatic rings. The van der Waals surface area contributed by atoms with Crippen molar-refractivity contribution in [2.24, 2.45) is 5.73 Å². The summed E-state index contributed by atoms with van der Waals surface area (Å²) in [7, 11) is 1.60. The van der Waals surface area contributed by atoms with Gasteiger partial charge in [0.05, 0.1) is 6.04 Å². The molecule has 0 fully saturated rings. The molecule has 0 aliphatic heterocycles. The molecular weight excluding hydrogens is 115 g/mol. The van der Waals surface area contributed by atoms with E-state index in [9.17, 15) is 4.79 Å². The second-order valence-electron chi connectivity index (χ2n) is 2.01. The molecule has 0 aliphatic carbocycles. The highest BCUT2D eigenvalue weighted by atomic mass is 16.1. The van der Waals surface area contributed by atoms with Crippen LogP contribution in [0.3, 0.4) is 0 Å². The van der Waals surface area contributed by atoms with Gasteiger partial charge in [0.2, 0.25) is 13.9 Å². The van der Waals surface area contributed by atoms with Crippen LogP contribution in [0.15, 0.2) is 0 Å². The van der Waals surface area contributed by atoms with E-state index in [2.05, 4.69) is 5.23 Å². The number of hydrogen-bond acceptors (Lipinski definition) is 2. The number of carbonyl (C=O) groups excluding carboxylic acids is 1. The summed E-state index contributed by atoms with van der Waals surface area (Å²) in [6.45, 7) is 2.00. The van der Waals surface area contributed by atoms with Crippen LogP contribution < -0.4 is 11.0 Å². The standard InChI is InChI=1S/C5H13BN2O/c1-2-3-4(7)5(9)8-6/h4H,2-3,6-7H2,1H3,(H,8,9). The monoisotopic (exact) mass is 128 g/mol. The number of hydrogen-bond donors (Lipinski definition) is 2. The molecule has 0 spiro atoms. The van der Waals surface area contributed by atoms with E-state index in [1.165, 1.54) is 0 Å². The van der Waals surface area contributed by atoms with Crippen LogP contribution in [0, 0.1) is 0 Å². The van der Waals surface area contributed by atoms with Crippen molar-refractivity contribution in [2.45, 2.75) is 25.8 Å². The Balaban J connectivity index is 3.45. The largest absolute Gasteiger partial charge is 0.405 e. The molecule has 0 rings (SSSR count). The van der Waals surface area contributed by atoms with Crippen molar-refractivity contribution >= 4 is 13.9 Å². The molecule has 0 aromatic carbocycles. The number of nitrogens with two attached hydrogens (primary N) is 1. The lowest BCUT2D eigenvalue weighted by Gasteiger charge is -2.06. The third-order valence-corrected chi connectivity index (χ3v) is 1.18. The van der Waals surface area contributed by atoms with Crippen molar-refractivity contribution in [2.75, 3.05) is 0 Å². The third-order valence-electron chi connectivity index (χ3n) is 1.18. The maximum absolute atomic E-state index is 10.7. The van der Waals surface area contributed by atoms with Gasteiger partial charge in [-0.1, -0.05) is 13.3 Å². The molecule has 52 valence electrons. The lowest BCUT2D eigenvalue weighted by molar-refractivity contribution is -0.120. The Morgan fingerprint density at radius 2 is 2.44 bits per heavy atom. The van der Waals surface area contributed by atoms with Gasteiger partial charge in [-0.05, 0) is 6.42 Å². The van der Waals surface area contributed by atoms with Crippen LogP contribution in [0.25, 0.3) is 0 Å². The lowest BCUT2D eigenvalue weighted by atomic mass is 10.1. The van der Waals surface area contributed by atoms with Crippen LogP contribution >= 0.6 is 0 Å². The zero-order chi connectivity index (χ0) is 7.28. The summed E-state index contributed by atoms with van der Waals surface area (Å²) >= 11 is 0. The second-order valence-corrected chi connectivity index (χ2v) is 2.01. The molecule has 9 heavy (non-hydrogen) atoms. The first-order chi connectivity index (χ1) is 4.22. The van der Waals surface area contributed by atoms with Crippen LogP contribution in [0.2, 0.25) is 0 Å². The molecule has 0 saturated carbocycles. The van der Waals surface area contributed by atoms with Gasteiger partial charge in [-0.25, -0.2) is 0 Å². The summed E-state index contributed by atoms with van der Waals surface area (Å²) in [6.07, 6.45) is 1.72. The predicted octanol–water partition coefficient (Wildman–Crippen LogP) is -1.22. The SMILES string of the molecule is BNC(=O)C(N)CCC. The fraction of sp³-hybridized carbons (Fsp3) is 0.800. The first-order valence-corrected chi connectivity index (χ1v) is 3.19. The summed E-state index contributed by atoms with van der Waals surface area (Å²) in [5.74, 6) is -0.0724. The van der Waals surface area contributed by atoms with Gasteiger partial charge in [0.15, 0.2) is 0 Å². The van der Waals surface area contributed by atoms with Crippen molar-refractivity contribution in [1.82, 2.24) is 5.23 Å². The van der Waals surface area contributed by atoms with E-state index >= 15 is 0 Å². The van der Waals surface area contributed by atoms with Crippen LogP contribution in [0.1, 0.15) is 19.8 Å². The zero-order valence-corrected chi connectivity index (χ0v) is 5.98. The molecule has 0 aromatic heterocycles. The molecular formula is C5H13BN2O. The number of nitrogens with one attached hydrogen (secondary N) is 1. The highest BCUT2D eigenvalue weighted by molar-refractivity contribution is 6.15. The van der Waals surface area contributed by atoms with Crippen LogP contribution in [0.4, 0.5) is 0 Å². The smallest absolute Gasteiger partial charge is 0.224 e. The minimum Gasteiger partial charge on any atom is -0.405 e. The number of amides is 1. The molecule has 3 nitrogen and oxygen atoms in total. The minimum absolute atomic E-state index is 0.0724. The van der Waals surface area contributed by atoms with Gasteiger partial charge in [-0.2, -0.15) is 0 Å². The van der Waals surface area contributed by atoms with Crippen molar-refractivity contribution in [3.05, 3.63) is 0 Å². The summed E-state index contributed by atoms with van der Waals surface area (Å²) in [5.41, 5.74) is 5.43. The summed E-state index contributed by atoms with van der Waals surface area (Å²) in [6, 6.07) is -0.319. The topological polar surface area (TPSA) is 55.1 Å². The molecule has 1 atom stereocenters. The molecule has 0 saturated heterocycles. The van der Waals surface area contributed by atoms with Gasteiger partial charge in [-0.15, -0.1) is 0 Å². The van der Waals surface area contributed by atoms with E-state index in [0.717, 1.165) is 12.8 Å². The van der Waals surface area contributed by atoms with E-state index < -0.39 is 0 Å². The molecule has 0 heterocycles. The van der Waals surface area contributed by atoms with E-state index in [0.29, 0.717) is 0 Å². The van der Waals surface area contributed by atoms with Gasteiger partial charge in [0.25, 0.3) is 0 Å². The average Bonchev–Trinajstić information content (AvgIpc) is 1.87. The van der Waals surface area contributed by atoms with E-state index in [1.807, 2.05) is 6.92 Å². The Kier molecular flexibility index (Phi) is 4.14. The first kappa shape index (κ1) is 8.49. The van der Waals surface area contributed by atoms with Gasteiger partial charge in [-0.3, -0.25) is 4.79 Å². The van der Waals surface area contributed by atoms with Gasteiger partial charge in [0.1, 0.15) is 0 Å².